The second-order valence-electron chi connectivity index (χ2n) is 5.23. The highest BCUT2D eigenvalue weighted by Gasteiger charge is 2.32. The number of benzene rings is 2. The van der Waals surface area contributed by atoms with E-state index in [4.69, 9.17) is 23.8 Å². The number of hydrogen-bond acceptors (Lipinski definition) is 5. The van der Waals surface area contributed by atoms with Gasteiger partial charge in [-0.3, -0.25) is 19.8 Å². The summed E-state index contributed by atoms with van der Waals surface area (Å²) in [6, 6.07) is 13.1. The van der Waals surface area contributed by atoms with Crippen LogP contribution in [0.3, 0.4) is 0 Å². The zero-order chi connectivity index (χ0) is 18.7. The van der Waals surface area contributed by atoms with Crippen molar-refractivity contribution in [2.24, 2.45) is 0 Å². The van der Waals surface area contributed by atoms with E-state index in [0.717, 1.165) is 5.56 Å². The fourth-order valence-corrected chi connectivity index (χ4v) is 3.71. The van der Waals surface area contributed by atoms with Crippen LogP contribution >= 0.6 is 35.6 Å². The highest BCUT2D eigenvalue weighted by atomic mass is 35.5. The van der Waals surface area contributed by atoms with E-state index < -0.39 is 4.92 Å². The summed E-state index contributed by atoms with van der Waals surface area (Å²) in [6.07, 6.45) is 5.15. The number of carbonyl (C=O) groups excluding carboxylic acids is 1. The first-order chi connectivity index (χ1) is 12.5. The monoisotopic (exact) mass is 402 g/mol. The Morgan fingerprint density at radius 1 is 1.19 bits per heavy atom. The number of allylic oxidation sites excluding steroid dienone is 2. The third kappa shape index (κ3) is 4.01. The summed E-state index contributed by atoms with van der Waals surface area (Å²) in [5, 5.41) is 11.2. The number of nitrogens with zero attached hydrogens (tertiary/aromatic N) is 2. The Labute approximate surface area is 164 Å². The van der Waals surface area contributed by atoms with Gasteiger partial charge in [-0.05, 0) is 42.0 Å². The highest BCUT2D eigenvalue weighted by molar-refractivity contribution is 8.27. The van der Waals surface area contributed by atoms with Gasteiger partial charge < -0.3 is 0 Å². The average molecular weight is 403 g/mol. The molecule has 0 unspecified atom stereocenters. The second kappa shape index (κ2) is 7.82. The first kappa shape index (κ1) is 18.3. The molecule has 1 aliphatic rings. The number of non-ortho nitro benzene ring substituents is 1. The largest absolute Gasteiger partial charge is 0.270 e. The summed E-state index contributed by atoms with van der Waals surface area (Å²) in [6.45, 7) is 0. The second-order valence-corrected chi connectivity index (χ2v) is 7.34. The SMILES string of the molecule is O=C1C(=CC=Cc2ccc([N+](=O)[O-])cc2)SC(=S)N1c1cccc(Cl)c1. The van der Waals surface area contributed by atoms with Crippen LogP contribution < -0.4 is 4.90 Å². The van der Waals surface area contributed by atoms with E-state index in [9.17, 15) is 14.9 Å². The van der Waals surface area contributed by atoms with Gasteiger partial charge in [0.2, 0.25) is 0 Å². The van der Waals surface area contributed by atoms with Crippen molar-refractivity contribution >= 4 is 63.3 Å². The zero-order valence-corrected chi connectivity index (χ0v) is 15.6. The molecular weight excluding hydrogens is 392 g/mol. The van der Waals surface area contributed by atoms with Crippen LogP contribution in [0.5, 0.6) is 0 Å². The van der Waals surface area contributed by atoms with E-state index in [1.54, 1.807) is 54.6 Å². The molecule has 0 atom stereocenters. The molecule has 130 valence electrons. The van der Waals surface area contributed by atoms with Crippen LogP contribution in [0.4, 0.5) is 11.4 Å². The van der Waals surface area contributed by atoms with Gasteiger partial charge in [0.05, 0.1) is 15.5 Å². The topological polar surface area (TPSA) is 63.4 Å². The molecule has 0 N–H and O–H groups in total. The predicted molar refractivity (Wildman–Crippen MR) is 109 cm³/mol. The van der Waals surface area contributed by atoms with Gasteiger partial charge in [-0.25, -0.2) is 0 Å². The van der Waals surface area contributed by atoms with Crippen molar-refractivity contribution in [1.29, 1.82) is 0 Å². The average Bonchev–Trinajstić information content (AvgIpc) is 2.89. The molecule has 1 amide bonds. The van der Waals surface area contributed by atoms with E-state index in [1.807, 2.05) is 0 Å². The Morgan fingerprint density at radius 2 is 1.92 bits per heavy atom. The third-order valence-corrected chi connectivity index (χ3v) is 5.06. The van der Waals surface area contributed by atoms with E-state index in [2.05, 4.69) is 0 Å². The molecule has 2 aromatic carbocycles. The smallest absolute Gasteiger partial charge is 0.268 e. The van der Waals surface area contributed by atoms with Crippen molar-refractivity contribution in [2.75, 3.05) is 4.90 Å². The molecule has 0 aromatic heterocycles. The number of rotatable bonds is 4. The summed E-state index contributed by atoms with van der Waals surface area (Å²) in [5.74, 6) is -0.212. The fraction of sp³-hybridized carbons (Fsp3) is 0. The van der Waals surface area contributed by atoms with Gasteiger partial charge in [0.25, 0.3) is 11.6 Å². The number of carbonyl (C=O) groups is 1. The minimum absolute atomic E-state index is 0.0320. The number of halogens is 1. The van der Waals surface area contributed by atoms with Crippen LogP contribution in [-0.4, -0.2) is 15.2 Å². The normalized spacial score (nSPS) is 16.0. The molecule has 1 saturated heterocycles. The van der Waals surface area contributed by atoms with E-state index in [-0.39, 0.29) is 11.6 Å². The van der Waals surface area contributed by atoms with Crippen LogP contribution in [-0.2, 0) is 4.79 Å². The third-order valence-electron chi connectivity index (χ3n) is 3.50. The molecule has 1 fully saturated rings. The quantitative estimate of drug-likeness (QED) is 0.304. The van der Waals surface area contributed by atoms with Crippen molar-refractivity contribution in [2.45, 2.75) is 0 Å². The molecule has 26 heavy (non-hydrogen) atoms. The summed E-state index contributed by atoms with van der Waals surface area (Å²) in [7, 11) is 0. The molecule has 1 aliphatic heterocycles. The molecule has 0 saturated carbocycles. The van der Waals surface area contributed by atoms with Crippen LogP contribution in [0, 0.1) is 10.1 Å². The van der Waals surface area contributed by atoms with Gasteiger partial charge in [-0.1, -0.05) is 53.8 Å². The summed E-state index contributed by atoms with van der Waals surface area (Å²) >= 11 is 12.5. The molecule has 1 heterocycles. The lowest BCUT2D eigenvalue weighted by atomic mass is 10.2. The predicted octanol–water partition coefficient (Wildman–Crippen LogP) is 5.21. The molecule has 0 aliphatic carbocycles. The standard InChI is InChI=1S/C18H11ClN2O3S2/c19-13-4-2-5-15(11-13)20-17(22)16(26-18(20)25)6-1-3-12-7-9-14(10-8-12)21(23)24/h1-11H. The van der Waals surface area contributed by atoms with E-state index in [1.165, 1.54) is 28.8 Å². The minimum Gasteiger partial charge on any atom is -0.268 e. The molecule has 5 nitrogen and oxygen atoms in total. The number of anilines is 1. The van der Waals surface area contributed by atoms with Crippen LogP contribution in [0.2, 0.25) is 5.02 Å². The van der Waals surface area contributed by atoms with Crippen LogP contribution in [0.1, 0.15) is 5.56 Å². The molecule has 0 bridgehead atoms. The molecular formula is C18H11ClN2O3S2. The number of hydrogen-bond donors (Lipinski definition) is 0. The summed E-state index contributed by atoms with van der Waals surface area (Å²) < 4.78 is 0.437. The lowest BCUT2D eigenvalue weighted by Crippen LogP contribution is -2.27. The maximum Gasteiger partial charge on any atom is 0.270 e. The van der Waals surface area contributed by atoms with Crippen molar-refractivity contribution in [3.05, 3.63) is 86.3 Å². The van der Waals surface area contributed by atoms with E-state index >= 15 is 0 Å². The van der Waals surface area contributed by atoms with Crippen molar-refractivity contribution in [3.8, 4) is 0 Å². The molecule has 0 spiro atoms. The summed E-state index contributed by atoms with van der Waals surface area (Å²) in [5.41, 5.74) is 1.45. The number of amides is 1. The Hall–Kier alpha value is -2.48. The van der Waals surface area contributed by atoms with Gasteiger partial charge >= 0.3 is 0 Å². The maximum absolute atomic E-state index is 12.6. The Morgan fingerprint density at radius 3 is 2.58 bits per heavy atom. The van der Waals surface area contributed by atoms with Gasteiger partial charge in [-0.15, -0.1) is 0 Å². The van der Waals surface area contributed by atoms with Crippen molar-refractivity contribution in [3.63, 3.8) is 0 Å². The van der Waals surface area contributed by atoms with Crippen molar-refractivity contribution in [1.82, 2.24) is 0 Å². The highest BCUT2D eigenvalue weighted by Crippen LogP contribution is 2.35. The number of thiocarbonyl (C=S) groups is 1. The number of nitro benzene ring substituents is 1. The molecule has 2 aromatic rings. The zero-order valence-electron chi connectivity index (χ0n) is 13.2. The van der Waals surface area contributed by atoms with Gasteiger partial charge in [-0.2, -0.15) is 0 Å². The lowest BCUT2D eigenvalue weighted by Gasteiger charge is -2.14. The first-order valence-corrected chi connectivity index (χ1v) is 9.00. The molecule has 8 heteroatoms. The van der Waals surface area contributed by atoms with Gasteiger partial charge in [0.15, 0.2) is 4.32 Å². The Bertz CT molecular complexity index is 955. The number of nitro groups is 1. The van der Waals surface area contributed by atoms with Crippen molar-refractivity contribution < 1.29 is 9.72 Å². The van der Waals surface area contributed by atoms with Gasteiger partial charge in [0.1, 0.15) is 0 Å². The maximum atomic E-state index is 12.6. The Kier molecular flexibility index (Phi) is 5.51. The van der Waals surface area contributed by atoms with Gasteiger partial charge in [0, 0.05) is 17.2 Å². The fourth-order valence-electron chi connectivity index (χ4n) is 2.27. The van der Waals surface area contributed by atoms with E-state index in [0.29, 0.717) is 19.9 Å². The first-order valence-electron chi connectivity index (χ1n) is 7.40. The minimum atomic E-state index is -0.450. The molecule has 0 radical (unpaired) electrons. The Balaban J connectivity index is 1.76. The lowest BCUT2D eigenvalue weighted by molar-refractivity contribution is -0.384. The van der Waals surface area contributed by atoms with Crippen LogP contribution in [0.15, 0.2) is 65.6 Å². The summed E-state index contributed by atoms with van der Waals surface area (Å²) in [4.78, 5) is 24.7. The molecule has 3 rings (SSSR count). The number of thioether (sulfide) groups is 1. The van der Waals surface area contributed by atoms with Crippen LogP contribution in [0.25, 0.3) is 6.08 Å².